The van der Waals surface area contributed by atoms with Crippen LogP contribution >= 0.6 is 0 Å². The maximum atomic E-state index is 12.8. The Morgan fingerprint density at radius 1 is 1.00 bits per heavy atom. The number of anilines is 1. The highest BCUT2D eigenvalue weighted by Gasteiger charge is 2.45. The number of likely N-dealkylation sites (tertiary alicyclic amines) is 1. The number of fused-ring (bicyclic) bond motifs is 1. The van der Waals surface area contributed by atoms with E-state index in [-0.39, 0.29) is 23.9 Å². The molecule has 0 spiro atoms. The fourth-order valence-electron chi connectivity index (χ4n) is 3.88. The summed E-state index contributed by atoms with van der Waals surface area (Å²) in [6, 6.07) is 15.3. The quantitative estimate of drug-likeness (QED) is 0.854. The Bertz CT molecular complexity index is 748. The van der Waals surface area contributed by atoms with Crippen LogP contribution in [0.2, 0.25) is 0 Å². The molecule has 0 aliphatic carbocycles. The second-order valence-corrected chi connectivity index (χ2v) is 6.27. The van der Waals surface area contributed by atoms with Crippen LogP contribution in [0.25, 0.3) is 0 Å². The summed E-state index contributed by atoms with van der Waals surface area (Å²) in [6.07, 6.45) is 3.65. The van der Waals surface area contributed by atoms with Gasteiger partial charge in [-0.25, -0.2) is 0 Å². The molecule has 0 radical (unpaired) electrons. The highest BCUT2D eigenvalue weighted by Crippen LogP contribution is 2.35. The van der Waals surface area contributed by atoms with Gasteiger partial charge < -0.3 is 9.80 Å². The number of hydrogen-bond donors (Lipinski definition) is 0. The van der Waals surface area contributed by atoms with E-state index in [9.17, 15) is 9.59 Å². The Labute approximate surface area is 140 Å². The molecule has 3 heterocycles. The second-order valence-electron chi connectivity index (χ2n) is 6.27. The third-order valence-electron chi connectivity index (χ3n) is 4.94. The molecule has 0 N–H and O–H groups in total. The molecule has 0 unspecified atom stereocenters. The lowest BCUT2D eigenvalue weighted by Gasteiger charge is -2.39. The molecule has 1 aromatic carbocycles. The van der Waals surface area contributed by atoms with Crippen molar-refractivity contribution < 1.29 is 9.59 Å². The maximum Gasteiger partial charge on any atom is 0.272 e. The van der Waals surface area contributed by atoms with Crippen LogP contribution in [0.5, 0.6) is 0 Å². The van der Waals surface area contributed by atoms with Crippen LogP contribution < -0.4 is 4.90 Å². The predicted molar refractivity (Wildman–Crippen MR) is 90.6 cm³/mol. The van der Waals surface area contributed by atoms with Crippen molar-refractivity contribution in [3.63, 3.8) is 0 Å². The number of rotatable bonds is 2. The summed E-state index contributed by atoms with van der Waals surface area (Å²) in [5, 5.41) is 0. The van der Waals surface area contributed by atoms with Gasteiger partial charge in [0.05, 0.1) is 12.1 Å². The van der Waals surface area contributed by atoms with E-state index in [1.165, 1.54) is 0 Å². The van der Waals surface area contributed by atoms with Crippen molar-refractivity contribution >= 4 is 17.5 Å². The third kappa shape index (κ3) is 2.46. The van der Waals surface area contributed by atoms with E-state index in [2.05, 4.69) is 4.98 Å². The minimum atomic E-state index is -0.0366. The Morgan fingerprint density at radius 3 is 2.54 bits per heavy atom. The van der Waals surface area contributed by atoms with E-state index in [0.717, 1.165) is 18.5 Å². The standard InChI is InChI=1S/C19H19N3O2/c23-18-10-9-16-17(22(18)14-6-2-1-3-7-14)11-13-21(16)19(24)15-8-4-5-12-20-15/h1-8,12,16-17H,9-11,13H2/t16-,17-/m1/s1. The van der Waals surface area contributed by atoms with Crippen molar-refractivity contribution in [3.8, 4) is 0 Å². The van der Waals surface area contributed by atoms with Gasteiger partial charge in [0.25, 0.3) is 5.91 Å². The molecule has 2 fully saturated rings. The number of para-hydroxylation sites is 1. The van der Waals surface area contributed by atoms with E-state index in [1.54, 1.807) is 18.3 Å². The molecule has 2 amide bonds. The van der Waals surface area contributed by atoms with E-state index in [4.69, 9.17) is 0 Å². The Balaban J connectivity index is 1.61. The highest BCUT2D eigenvalue weighted by atomic mass is 16.2. The first-order valence-corrected chi connectivity index (χ1v) is 8.35. The van der Waals surface area contributed by atoms with Crippen LogP contribution in [-0.2, 0) is 4.79 Å². The number of amides is 2. The number of pyridine rings is 1. The van der Waals surface area contributed by atoms with Crippen LogP contribution in [0.15, 0.2) is 54.7 Å². The molecular weight excluding hydrogens is 302 g/mol. The topological polar surface area (TPSA) is 53.5 Å². The van der Waals surface area contributed by atoms with Gasteiger partial charge in [0.1, 0.15) is 5.69 Å². The van der Waals surface area contributed by atoms with E-state index >= 15 is 0 Å². The van der Waals surface area contributed by atoms with Gasteiger partial charge in [0.15, 0.2) is 0 Å². The highest BCUT2D eigenvalue weighted by molar-refractivity contribution is 5.97. The third-order valence-corrected chi connectivity index (χ3v) is 4.94. The van der Waals surface area contributed by atoms with Gasteiger partial charge in [-0.1, -0.05) is 24.3 Å². The predicted octanol–water partition coefficient (Wildman–Crippen LogP) is 2.49. The number of benzene rings is 1. The van der Waals surface area contributed by atoms with E-state index in [0.29, 0.717) is 18.7 Å². The second kappa shape index (κ2) is 6.07. The van der Waals surface area contributed by atoms with Crippen molar-refractivity contribution in [2.24, 2.45) is 0 Å². The molecule has 4 rings (SSSR count). The zero-order chi connectivity index (χ0) is 16.5. The zero-order valence-corrected chi connectivity index (χ0v) is 13.3. The first-order chi connectivity index (χ1) is 11.8. The largest absolute Gasteiger partial charge is 0.332 e. The Kier molecular flexibility index (Phi) is 3.76. The molecule has 5 nitrogen and oxygen atoms in total. The number of nitrogens with zero attached hydrogens (tertiary/aromatic N) is 3. The lowest BCUT2D eigenvalue weighted by atomic mass is 9.95. The lowest BCUT2D eigenvalue weighted by Crippen LogP contribution is -2.53. The SMILES string of the molecule is O=C(c1ccccn1)N1CC[C@@H]2[C@H]1CCC(=O)N2c1ccccc1. The first-order valence-electron chi connectivity index (χ1n) is 8.35. The van der Waals surface area contributed by atoms with Crippen LogP contribution in [0.1, 0.15) is 29.8 Å². The molecule has 5 heteroatoms. The molecule has 1 aromatic heterocycles. The van der Waals surface area contributed by atoms with Crippen molar-refractivity contribution in [2.45, 2.75) is 31.3 Å². The minimum absolute atomic E-state index is 0.0366. The molecule has 2 aromatic rings. The Hall–Kier alpha value is -2.69. The average molecular weight is 321 g/mol. The van der Waals surface area contributed by atoms with Crippen LogP contribution in [-0.4, -0.2) is 40.3 Å². The van der Waals surface area contributed by atoms with Gasteiger partial charge in [0.2, 0.25) is 5.91 Å². The van der Waals surface area contributed by atoms with Gasteiger partial charge in [-0.15, -0.1) is 0 Å². The van der Waals surface area contributed by atoms with Crippen LogP contribution in [0.3, 0.4) is 0 Å². The normalized spacial score (nSPS) is 23.2. The maximum absolute atomic E-state index is 12.8. The smallest absolute Gasteiger partial charge is 0.272 e. The molecule has 2 aliphatic rings. The molecule has 2 aliphatic heterocycles. The summed E-state index contributed by atoms with van der Waals surface area (Å²) in [4.78, 5) is 33.2. The summed E-state index contributed by atoms with van der Waals surface area (Å²) in [7, 11) is 0. The molecule has 24 heavy (non-hydrogen) atoms. The number of carbonyl (C=O) groups is 2. The number of aromatic nitrogens is 1. The summed E-state index contributed by atoms with van der Waals surface area (Å²) in [5.41, 5.74) is 1.39. The number of hydrogen-bond acceptors (Lipinski definition) is 3. The number of carbonyl (C=O) groups excluding carboxylic acids is 2. The average Bonchev–Trinajstić information content (AvgIpc) is 3.06. The fraction of sp³-hybridized carbons (Fsp3) is 0.316. The molecule has 122 valence electrons. The summed E-state index contributed by atoms with van der Waals surface area (Å²) < 4.78 is 0. The van der Waals surface area contributed by atoms with Crippen molar-refractivity contribution in [2.75, 3.05) is 11.4 Å². The van der Waals surface area contributed by atoms with Crippen molar-refractivity contribution in [1.29, 1.82) is 0 Å². The van der Waals surface area contributed by atoms with Gasteiger partial charge in [-0.2, -0.15) is 0 Å². The Morgan fingerprint density at radius 2 is 1.79 bits per heavy atom. The van der Waals surface area contributed by atoms with Crippen molar-refractivity contribution in [3.05, 3.63) is 60.4 Å². The molecular formula is C19H19N3O2. The van der Waals surface area contributed by atoms with Crippen molar-refractivity contribution in [1.82, 2.24) is 9.88 Å². The van der Waals surface area contributed by atoms with Gasteiger partial charge in [-0.05, 0) is 37.1 Å². The summed E-state index contributed by atoms with van der Waals surface area (Å²) in [5.74, 6) is 0.111. The summed E-state index contributed by atoms with van der Waals surface area (Å²) >= 11 is 0. The van der Waals surface area contributed by atoms with Gasteiger partial charge in [0, 0.05) is 24.8 Å². The zero-order valence-electron chi connectivity index (χ0n) is 13.3. The van der Waals surface area contributed by atoms with Gasteiger partial charge >= 0.3 is 0 Å². The number of piperidine rings is 1. The van der Waals surface area contributed by atoms with E-state index in [1.807, 2.05) is 46.2 Å². The summed E-state index contributed by atoms with van der Waals surface area (Å²) in [6.45, 7) is 0.668. The lowest BCUT2D eigenvalue weighted by molar-refractivity contribution is -0.120. The molecule has 2 saturated heterocycles. The monoisotopic (exact) mass is 321 g/mol. The van der Waals surface area contributed by atoms with Gasteiger partial charge in [-0.3, -0.25) is 14.6 Å². The molecule has 0 saturated carbocycles. The minimum Gasteiger partial charge on any atom is -0.332 e. The van der Waals surface area contributed by atoms with E-state index < -0.39 is 0 Å². The first kappa shape index (κ1) is 14.9. The molecule has 0 bridgehead atoms. The molecule has 2 atom stereocenters. The fourth-order valence-corrected chi connectivity index (χ4v) is 3.88. The van der Waals surface area contributed by atoms with Crippen LogP contribution in [0, 0.1) is 0 Å². The van der Waals surface area contributed by atoms with Crippen LogP contribution in [0.4, 0.5) is 5.69 Å².